The van der Waals surface area contributed by atoms with Crippen molar-refractivity contribution in [3.05, 3.63) is 0 Å². The summed E-state index contributed by atoms with van der Waals surface area (Å²) in [5, 5.41) is 0. The summed E-state index contributed by atoms with van der Waals surface area (Å²) in [6, 6.07) is 0.873. The molecule has 3 rings (SSSR count). The second-order valence-electron chi connectivity index (χ2n) is 7.71. The van der Waals surface area contributed by atoms with Crippen LogP contribution in [0.4, 0.5) is 0 Å². The molecule has 1 saturated carbocycles. The fourth-order valence-electron chi connectivity index (χ4n) is 4.12. The Bertz CT molecular complexity index is 565. The summed E-state index contributed by atoms with van der Waals surface area (Å²) in [4.78, 5) is 16.8. The highest BCUT2D eigenvalue weighted by Gasteiger charge is 2.37. The van der Waals surface area contributed by atoms with E-state index in [1.54, 1.807) is 6.92 Å². The number of carbonyl (C=O) groups excluding carboxylic acids is 1. The second kappa shape index (κ2) is 8.99. The van der Waals surface area contributed by atoms with Crippen molar-refractivity contribution in [3.63, 3.8) is 0 Å². The number of nitrogens with one attached hydrogen (secondary N) is 1. The quantitative estimate of drug-likeness (QED) is 0.667. The smallest absolute Gasteiger partial charge is 0.225 e. The van der Waals surface area contributed by atoms with Gasteiger partial charge in [0.1, 0.15) is 0 Å². The average molecular weight is 388 g/mol. The first-order valence-electron chi connectivity index (χ1n) is 10.1. The van der Waals surface area contributed by atoms with Gasteiger partial charge in [0.05, 0.1) is 5.75 Å². The van der Waals surface area contributed by atoms with Gasteiger partial charge in [-0.3, -0.25) is 9.69 Å². The van der Waals surface area contributed by atoms with E-state index < -0.39 is 10.0 Å². The lowest BCUT2D eigenvalue weighted by atomic mass is 9.97. The summed E-state index contributed by atoms with van der Waals surface area (Å²) in [6.07, 6.45) is 6.09. The summed E-state index contributed by atoms with van der Waals surface area (Å²) >= 11 is 0. The zero-order valence-corrected chi connectivity index (χ0v) is 16.7. The van der Waals surface area contributed by atoms with Crippen LogP contribution in [0.1, 0.15) is 45.4 Å². The molecule has 7 nitrogen and oxygen atoms in total. The van der Waals surface area contributed by atoms with Crippen LogP contribution >= 0.6 is 0 Å². The van der Waals surface area contributed by atoms with E-state index in [2.05, 4.69) is 9.62 Å². The molecule has 1 aliphatic carbocycles. The molecule has 0 aromatic carbocycles. The third-order valence-electron chi connectivity index (χ3n) is 5.90. The van der Waals surface area contributed by atoms with Crippen molar-refractivity contribution in [1.82, 2.24) is 14.5 Å². The van der Waals surface area contributed by atoms with E-state index in [0.717, 1.165) is 71.4 Å². The first-order valence-corrected chi connectivity index (χ1v) is 11.7. The maximum absolute atomic E-state index is 12.3. The summed E-state index contributed by atoms with van der Waals surface area (Å²) < 4.78 is 31.7. The zero-order valence-electron chi connectivity index (χ0n) is 15.9. The summed E-state index contributed by atoms with van der Waals surface area (Å²) in [6.45, 7) is 6.06. The number of hydrogen-bond donors (Lipinski definition) is 1. The Morgan fingerprint density at radius 1 is 1.08 bits per heavy atom. The third-order valence-corrected chi connectivity index (χ3v) is 7.31. The predicted molar refractivity (Wildman–Crippen MR) is 100 cm³/mol. The summed E-state index contributed by atoms with van der Waals surface area (Å²) in [5.41, 5.74) is 0. The van der Waals surface area contributed by atoms with Crippen LogP contribution in [0.2, 0.25) is 0 Å². The lowest BCUT2D eigenvalue weighted by molar-refractivity contribution is -0.134. The highest BCUT2D eigenvalue weighted by molar-refractivity contribution is 7.89. The molecule has 0 atom stereocenters. The van der Waals surface area contributed by atoms with Gasteiger partial charge in [0.15, 0.2) is 0 Å². The largest absolute Gasteiger partial charge is 0.381 e. The molecule has 3 fully saturated rings. The Kier molecular flexibility index (Phi) is 6.93. The molecule has 26 heavy (non-hydrogen) atoms. The van der Waals surface area contributed by atoms with Crippen LogP contribution in [0.5, 0.6) is 0 Å². The van der Waals surface area contributed by atoms with Gasteiger partial charge in [-0.15, -0.1) is 0 Å². The van der Waals surface area contributed by atoms with Gasteiger partial charge in [-0.05, 0) is 45.4 Å². The number of hydrogen-bond acceptors (Lipinski definition) is 5. The van der Waals surface area contributed by atoms with E-state index in [1.165, 1.54) is 0 Å². The highest BCUT2D eigenvalue weighted by atomic mass is 32.2. The molecule has 3 aliphatic rings. The molecule has 1 amide bonds. The minimum Gasteiger partial charge on any atom is -0.381 e. The van der Waals surface area contributed by atoms with E-state index in [-0.39, 0.29) is 5.75 Å². The molecule has 0 spiro atoms. The van der Waals surface area contributed by atoms with Crippen molar-refractivity contribution in [2.75, 3.05) is 45.1 Å². The maximum Gasteiger partial charge on any atom is 0.225 e. The molecule has 0 aromatic heterocycles. The number of likely N-dealkylation sites (tertiary alicyclic amines) is 1. The molecule has 2 heterocycles. The second-order valence-corrected chi connectivity index (χ2v) is 9.81. The number of amides is 1. The van der Waals surface area contributed by atoms with Crippen LogP contribution in [0.25, 0.3) is 0 Å². The zero-order chi connectivity index (χ0) is 18.6. The Hall–Kier alpha value is -0.700. The van der Waals surface area contributed by atoms with E-state index in [0.29, 0.717) is 30.5 Å². The van der Waals surface area contributed by atoms with Crippen molar-refractivity contribution in [3.8, 4) is 0 Å². The van der Waals surface area contributed by atoms with Gasteiger partial charge >= 0.3 is 0 Å². The standard InChI is InChI=1S/C18H33N3O4S/c1-2-26(23,24)19-9-12-21(17-7-13-25-14-8-17)16-5-10-20(11-6-16)18(22)15-3-4-15/h15-17,19H,2-14H2,1H3. The molecular formula is C18H33N3O4S. The molecule has 2 saturated heterocycles. The SMILES string of the molecule is CCS(=O)(=O)NCCN(C1CCOCC1)C1CCN(C(=O)C2CC2)CC1. The van der Waals surface area contributed by atoms with Crippen molar-refractivity contribution in [2.24, 2.45) is 5.92 Å². The minimum absolute atomic E-state index is 0.117. The van der Waals surface area contributed by atoms with E-state index in [4.69, 9.17) is 4.74 Å². The highest BCUT2D eigenvalue weighted by Crippen LogP contribution is 2.32. The van der Waals surface area contributed by atoms with E-state index >= 15 is 0 Å². The Morgan fingerprint density at radius 2 is 1.69 bits per heavy atom. The molecule has 1 N–H and O–H groups in total. The van der Waals surface area contributed by atoms with Gasteiger partial charge in [0.25, 0.3) is 0 Å². The number of piperidine rings is 1. The van der Waals surface area contributed by atoms with Crippen LogP contribution < -0.4 is 4.72 Å². The Balaban J connectivity index is 1.55. The van der Waals surface area contributed by atoms with Gasteiger partial charge in [0, 0.05) is 57.4 Å². The molecule has 0 unspecified atom stereocenters. The fraction of sp³-hybridized carbons (Fsp3) is 0.944. The number of rotatable bonds is 8. The van der Waals surface area contributed by atoms with Gasteiger partial charge in [-0.2, -0.15) is 0 Å². The van der Waals surface area contributed by atoms with Crippen molar-refractivity contribution in [2.45, 2.75) is 57.5 Å². The molecular weight excluding hydrogens is 354 g/mol. The number of carbonyl (C=O) groups is 1. The molecule has 150 valence electrons. The van der Waals surface area contributed by atoms with Crippen molar-refractivity contribution in [1.29, 1.82) is 0 Å². The first kappa shape index (κ1) is 20.0. The molecule has 0 aromatic rings. The Morgan fingerprint density at radius 3 is 2.27 bits per heavy atom. The van der Waals surface area contributed by atoms with Crippen molar-refractivity contribution >= 4 is 15.9 Å². The van der Waals surface area contributed by atoms with Gasteiger partial charge < -0.3 is 9.64 Å². The van der Waals surface area contributed by atoms with Crippen LogP contribution in [0.15, 0.2) is 0 Å². The van der Waals surface area contributed by atoms with Crippen LogP contribution in [-0.2, 0) is 19.6 Å². The molecule has 0 bridgehead atoms. The molecule has 8 heteroatoms. The lowest BCUT2D eigenvalue weighted by Gasteiger charge is -2.43. The Labute approximate surface area is 157 Å². The predicted octanol–water partition coefficient (Wildman–Crippen LogP) is 0.808. The maximum atomic E-state index is 12.3. The topological polar surface area (TPSA) is 79.0 Å². The van der Waals surface area contributed by atoms with E-state index in [9.17, 15) is 13.2 Å². The number of nitrogens with zero attached hydrogens (tertiary/aromatic N) is 2. The average Bonchev–Trinajstić information content (AvgIpc) is 3.51. The summed E-state index contributed by atoms with van der Waals surface area (Å²) in [7, 11) is -3.15. The monoisotopic (exact) mass is 387 g/mol. The number of sulfonamides is 1. The van der Waals surface area contributed by atoms with Gasteiger partial charge in [0.2, 0.25) is 15.9 Å². The van der Waals surface area contributed by atoms with Crippen LogP contribution in [0.3, 0.4) is 0 Å². The molecule has 2 aliphatic heterocycles. The first-order chi connectivity index (χ1) is 12.5. The van der Waals surface area contributed by atoms with Gasteiger partial charge in [-0.1, -0.05) is 0 Å². The van der Waals surface area contributed by atoms with Gasteiger partial charge in [-0.25, -0.2) is 13.1 Å². The lowest BCUT2D eigenvalue weighted by Crippen LogP contribution is -2.53. The summed E-state index contributed by atoms with van der Waals surface area (Å²) in [5.74, 6) is 0.754. The minimum atomic E-state index is -3.15. The fourth-order valence-corrected chi connectivity index (χ4v) is 4.73. The van der Waals surface area contributed by atoms with Crippen molar-refractivity contribution < 1.29 is 17.9 Å². The molecule has 0 radical (unpaired) electrons. The third kappa shape index (κ3) is 5.41. The van der Waals surface area contributed by atoms with Crippen LogP contribution in [-0.4, -0.2) is 81.4 Å². The van der Waals surface area contributed by atoms with E-state index in [1.807, 2.05) is 4.90 Å². The normalized spacial score (nSPS) is 23.5. The van der Waals surface area contributed by atoms with Crippen LogP contribution in [0, 0.1) is 5.92 Å². The number of ether oxygens (including phenoxy) is 1.